The van der Waals surface area contributed by atoms with Gasteiger partial charge in [0.05, 0.1) is 17.7 Å². The lowest BCUT2D eigenvalue weighted by molar-refractivity contribution is -0.157. The Bertz CT molecular complexity index is 784. The Morgan fingerprint density at radius 2 is 2.00 bits per heavy atom. The third-order valence-electron chi connectivity index (χ3n) is 3.28. The van der Waals surface area contributed by atoms with Gasteiger partial charge in [-0.05, 0) is 32.0 Å². The van der Waals surface area contributed by atoms with Crippen molar-refractivity contribution >= 4 is 11.9 Å². The van der Waals surface area contributed by atoms with Crippen LogP contribution < -0.4 is 5.32 Å². The molecular formula is C15H15F3N4O3. The average molecular weight is 356 g/mol. The van der Waals surface area contributed by atoms with E-state index in [0.29, 0.717) is 5.82 Å². The number of nitrogens with zero attached hydrogens (tertiary/aromatic N) is 3. The van der Waals surface area contributed by atoms with Crippen molar-refractivity contribution in [1.82, 2.24) is 20.1 Å². The van der Waals surface area contributed by atoms with Gasteiger partial charge < -0.3 is 10.4 Å². The van der Waals surface area contributed by atoms with E-state index in [0.717, 1.165) is 17.6 Å². The Hall–Kier alpha value is -2.91. The lowest BCUT2D eigenvalue weighted by atomic mass is 10.2. The SMILES string of the molecule is Cc1cc(C)n(-c2ccc(C(=O)NC(CC(F)(F)F)C(=O)O)cn2)n1. The Morgan fingerprint density at radius 3 is 2.44 bits per heavy atom. The van der Waals surface area contributed by atoms with Crippen molar-refractivity contribution in [3.05, 3.63) is 41.3 Å². The number of carbonyl (C=O) groups is 2. The summed E-state index contributed by atoms with van der Waals surface area (Å²) >= 11 is 0. The maximum atomic E-state index is 12.4. The molecule has 10 heteroatoms. The van der Waals surface area contributed by atoms with E-state index in [1.165, 1.54) is 12.1 Å². The molecule has 2 aromatic rings. The minimum absolute atomic E-state index is 0.0568. The van der Waals surface area contributed by atoms with Gasteiger partial charge in [-0.2, -0.15) is 18.3 Å². The fourth-order valence-corrected chi connectivity index (χ4v) is 2.18. The first-order chi connectivity index (χ1) is 11.6. The molecule has 0 radical (unpaired) electrons. The quantitative estimate of drug-likeness (QED) is 0.854. The first kappa shape index (κ1) is 18.4. The molecule has 1 amide bonds. The lowest BCUT2D eigenvalue weighted by Crippen LogP contribution is -2.43. The third kappa shape index (κ3) is 4.78. The highest BCUT2D eigenvalue weighted by molar-refractivity contribution is 5.96. The number of aryl methyl sites for hydroxylation is 2. The van der Waals surface area contributed by atoms with Gasteiger partial charge in [0.2, 0.25) is 0 Å². The summed E-state index contributed by atoms with van der Waals surface area (Å²) in [6.07, 6.45) is -5.23. The number of halogens is 3. The van der Waals surface area contributed by atoms with Crippen LogP contribution in [0.1, 0.15) is 28.2 Å². The summed E-state index contributed by atoms with van der Waals surface area (Å²) in [5.74, 6) is -2.30. The summed E-state index contributed by atoms with van der Waals surface area (Å²) in [4.78, 5) is 26.9. The normalized spacial score (nSPS) is 12.7. The van der Waals surface area contributed by atoms with Crippen LogP contribution in [0.15, 0.2) is 24.4 Å². The van der Waals surface area contributed by atoms with Gasteiger partial charge >= 0.3 is 12.1 Å². The van der Waals surface area contributed by atoms with Crippen LogP contribution in [-0.4, -0.2) is 44.0 Å². The van der Waals surface area contributed by atoms with Gasteiger partial charge in [0.25, 0.3) is 5.91 Å². The van der Waals surface area contributed by atoms with Crippen LogP contribution in [0.4, 0.5) is 13.2 Å². The summed E-state index contributed by atoms with van der Waals surface area (Å²) in [7, 11) is 0. The molecule has 7 nitrogen and oxygen atoms in total. The maximum Gasteiger partial charge on any atom is 0.391 e. The Kier molecular flexibility index (Phi) is 5.10. The Labute approximate surface area is 140 Å². The number of carboxylic acid groups (broad SMARTS) is 1. The van der Waals surface area contributed by atoms with Crippen LogP contribution in [0.3, 0.4) is 0 Å². The molecule has 0 aliphatic carbocycles. The summed E-state index contributed by atoms with van der Waals surface area (Å²) in [5.41, 5.74) is 1.54. The topological polar surface area (TPSA) is 97.1 Å². The zero-order chi connectivity index (χ0) is 18.8. The van der Waals surface area contributed by atoms with Crippen molar-refractivity contribution in [3.63, 3.8) is 0 Å². The molecule has 0 aliphatic heterocycles. The summed E-state index contributed by atoms with van der Waals surface area (Å²) in [6, 6.07) is 2.56. The van der Waals surface area contributed by atoms with Gasteiger partial charge in [0.15, 0.2) is 5.82 Å². The van der Waals surface area contributed by atoms with Crippen molar-refractivity contribution in [3.8, 4) is 5.82 Å². The highest BCUT2D eigenvalue weighted by Crippen LogP contribution is 2.22. The molecule has 2 N–H and O–H groups in total. The second kappa shape index (κ2) is 6.91. The Balaban J connectivity index is 2.14. The standard InChI is InChI=1S/C15H15F3N4O3/c1-8-5-9(2)22(21-8)12-4-3-10(7-19-12)13(23)20-11(14(24)25)6-15(16,17)18/h3-5,7,11H,6H2,1-2H3,(H,20,23)(H,24,25). The van der Waals surface area contributed by atoms with Gasteiger partial charge in [-0.1, -0.05) is 0 Å². The molecule has 0 saturated heterocycles. The fourth-order valence-electron chi connectivity index (χ4n) is 2.18. The van der Waals surface area contributed by atoms with Crippen molar-refractivity contribution in [2.45, 2.75) is 32.5 Å². The first-order valence-electron chi connectivity index (χ1n) is 7.17. The maximum absolute atomic E-state index is 12.4. The Morgan fingerprint density at radius 1 is 1.32 bits per heavy atom. The highest BCUT2D eigenvalue weighted by Gasteiger charge is 2.36. The van der Waals surface area contributed by atoms with E-state index >= 15 is 0 Å². The second-order valence-electron chi connectivity index (χ2n) is 5.43. The third-order valence-corrected chi connectivity index (χ3v) is 3.28. The molecule has 1 unspecified atom stereocenters. The predicted octanol–water partition coefficient (Wildman–Crippen LogP) is 2.02. The van der Waals surface area contributed by atoms with Gasteiger partial charge in [-0.3, -0.25) is 4.79 Å². The number of nitrogens with one attached hydrogen (secondary N) is 1. The van der Waals surface area contributed by atoms with Crippen molar-refractivity contribution < 1.29 is 27.9 Å². The van der Waals surface area contributed by atoms with Gasteiger partial charge in [-0.25, -0.2) is 14.5 Å². The molecule has 1 atom stereocenters. The van der Waals surface area contributed by atoms with Crippen LogP contribution in [0.5, 0.6) is 0 Å². The molecule has 2 rings (SSSR count). The van der Waals surface area contributed by atoms with Crippen LogP contribution in [0, 0.1) is 13.8 Å². The monoisotopic (exact) mass is 356 g/mol. The summed E-state index contributed by atoms with van der Waals surface area (Å²) in [5, 5.41) is 14.9. The van der Waals surface area contributed by atoms with E-state index in [9.17, 15) is 22.8 Å². The van der Waals surface area contributed by atoms with Crippen LogP contribution >= 0.6 is 0 Å². The second-order valence-corrected chi connectivity index (χ2v) is 5.43. The van der Waals surface area contributed by atoms with Gasteiger partial charge in [0, 0.05) is 11.9 Å². The summed E-state index contributed by atoms with van der Waals surface area (Å²) in [6.45, 7) is 3.62. The number of carboxylic acids is 1. The van der Waals surface area contributed by atoms with Gasteiger partial charge in [-0.15, -0.1) is 0 Å². The average Bonchev–Trinajstić information content (AvgIpc) is 2.84. The van der Waals surface area contributed by atoms with E-state index in [4.69, 9.17) is 5.11 Å². The van der Waals surface area contributed by atoms with Crippen LogP contribution in [0.2, 0.25) is 0 Å². The zero-order valence-corrected chi connectivity index (χ0v) is 13.3. The highest BCUT2D eigenvalue weighted by atomic mass is 19.4. The van der Waals surface area contributed by atoms with E-state index in [2.05, 4.69) is 10.1 Å². The van der Waals surface area contributed by atoms with E-state index in [1.54, 1.807) is 11.6 Å². The fraction of sp³-hybridized carbons (Fsp3) is 0.333. The van der Waals surface area contributed by atoms with Crippen molar-refractivity contribution in [1.29, 1.82) is 0 Å². The number of alkyl halides is 3. The van der Waals surface area contributed by atoms with E-state index in [-0.39, 0.29) is 5.56 Å². The molecular weight excluding hydrogens is 341 g/mol. The number of carbonyl (C=O) groups excluding carboxylic acids is 1. The number of hydrogen-bond donors (Lipinski definition) is 2. The largest absolute Gasteiger partial charge is 0.480 e. The molecule has 0 spiro atoms. The minimum atomic E-state index is -4.71. The predicted molar refractivity (Wildman–Crippen MR) is 80.4 cm³/mol. The zero-order valence-electron chi connectivity index (χ0n) is 13.3. The van der Waals surface area contributed by atoms with E-state index in [1.807, 2.05) is 18.3 Å². The number of amides is 1. The van der Waals surface area contributed by atoms with Crippen LogP contribution in [-0.2, 0) is 4.79 Å². The smallest absolute Gasteiger partial charge is 0.391 e. The number of pyridine rings is 1. The molecule has 0 saturated carbocycles. The number of rotatable bonds is 5. The number of aliphatic carboxylic acids is 1. The molecule has 2 aromatic heterocycles. The number of hydrogen-bond acceptors (Lipinski definition) is 4. The van der Waals surface area contributed by atoms with E-state index < -0.39 is 30.5 Å². The molecule has 0 aromatic carbocycles. The summed E-state index contributed by atoms with van der Waals surface area (Å²) < 4.78 is 38.6. The molecule has 25 heavy (non-hydrogen) atoms. The van der Waals surface area contributed by atoms with Crippen LogP contribution in [0.25, 0.3) is 5.82 Å². The van der Waals surface area contributed by atoms with Crippen molar-refractivity contribution in [2.75, 3.05) is 0 Å². The molecule has 0 aliphatic rings. The molecule has 134 valence electrons. The minimum Gasteiger partial charge on any atom is -0.480 e. The molecule has 0 bridgehead atoms. The first-order valence-corrected chi connectivity index (χ1v) is 7.17. The molecule has 2 heterocycles. The lowest BCUT2D eigenvalue weighted by Gasteiger charge is -2.16. The molecule has 0 fully saturated rings. The van der Waals surface area contributed by atoms with Gasteiger partial charge in [0.1, 0.15) is 6.04 Å². The number of aromatic nitrogens is 3. The van der Waals surface area contributed by atoms with Crippen molar-refractivity contribution in [2.24, 2.45) is 0 Å².